The molecule has 0 fully saturated rings. The molecule has 0 saturated heterocycles. The lowest BCUT2D eigenvalue weighted by atomic mass is 9.85. The summed E-state index contributed by atoms with van der Waals surface area (Å²) in [6.07, 6.45) is 6.80. The summed E-state index contributed by atoms with van der Waals surface area (Å²) in [5, 5.41) is 11.1. The minimum Gasteiger partial charge on any atom is -0.225 e. The van der Waals surface area contributed by atoms with Crippen LogP contribution in [0.5, 0.6) is 0 Å². The summed E-state index contributed by atoms with van der Waals surface area (Å²) in [7, 11) is -8.13. The van der Waals surface area contributed by atoms with Gasteiger partial charge in [-0.2, -0.15) is 0 Å². The highest BCUT2D eigenvalue weighted by molar-refractivity contribution is 7.89. The number of primary sulfonamides is 2. The van der Waals surface area contributed by atoms with Crippen LogP contribution in [0.4, 0.5) is 0 Å². The van der Waals surface area contributed by atoms with Crippen molar-refractivity contribution < 1.29 is 16.8 Å². The molecule has 6 nitrogen and oxygen atoms in total. The van der Waals surface area contributed by atoms with Gasteiger partial charge in [-0.3, -0.25) is 0 Å². The number of unbranched alkanes of at least 4 members (excludes halogenated alkanes) is 4. The van der Waals surface area contributed by atoms with E-state index in [0.29, 0.717) is 23.1 Å². The fourth-order valence-electron chi connectivity index (χ4n) is 3.92. The van der Waals surface area contributed by atoms with Crippen LogP contribution in [0.3, 0.4) is 0 Å². The first-order valence-corrected chi connectivity index (χ1v) is 13.5. The Bertz CT molecular complexity index is 1050. The van der Waals surface area contributed by atoms with E-state index in [1.807, 2.05) is 13.0 Å². The van der Waals surface area contributed by atoms with Crippen molar-refractivity contribution in [2.75, 3.05) is 0 Å². The zero-order valence-electron chi connectivity index (χ0n) is 17.7. The second-order valence-electron chi connectivity index (χ2n) is 7.61. The van der Waals surface area contributed by atoms with Crippen LogP contribution in [-0.2, 0) is 20.0 Å². The maximum Gasteiger partial charge on any atom is 0.238 e. The van der Waals surface area contributed by atoms with Gasteiger partial charge < -0.3 is 0 Å². The Morgan fingerprint density at radius 2 is 1.33 bits per heavy atom. The highest BCUT2D eigenvalue weighted by Crippen LogP contribution is 2.41. The summed E-state index contributed by atoms with van der Waals surface area (Å²) in [6.45, 7) is 4.13. The van der Waals surface area contributed by atoms with Gasteiger partial charge in [0.05, 0.1) is 9.79 Å². The van der Waals surface area contributed by atoms with Crippen molar-refractivity contribution in [3.63, 3.8) is 0 Å². The van der Waals surface area contributed by atoms with E-state index in [2.05, 4.69) is 6.92 Å². The Morgan fingerprint density at radius 3 is 1.87 bits per heavy atom. The van der Waals surface area contributed by atoms with Crippen molar-refractivity contribution in [2.24, 2.45) is 10.3 Å². The normalized spacial score (nSPS) is 13.3. The van der Waals surface area contributed by atoms with Gasteiger partial charge in [0.25, 0.3) is 0 Å². The van der Waals surface area contributed by atoms with Crippen LogP contribution < -0.4 is 10.3 Å². The molecule has 0 aromatic heterocycles. The molecule has 2 aromatic carbocycles. The van der Waals surface area contributed by atoms with Crippen LogP contribution in [0.2, 0.25) is 0 Å². The standard InChI is InChI=1S/C22H32N2O4S2/c1-3-5-6-7-9-12-17(4-2)21-19(29(23,25)26)15-16-20(30(24,27)28)22(21)18-13-10-8-11-14-18/h8,10-11,13-17H,3-7,9,12H2,1-2H3,(H2,23,25,26)(H2,24,27,28). The molecule has 0 spiro atoms. The van der Waals surface area contributed by atoms with Gasteiger partial charge in [-0.25, -0.2) is 27.1 Å². The molecule has 30 heavy (non-hydrogen) atoms. The lowest BCUT2D eigenvalue weighted by Crippen LogP contribution is -2.20. The van der Waals surface area contributed by atoms with E-state index in [4.69, 9.17) is 10.3 Å². The minimum atomic E-state index is -4.08. The molecule has 0 radical (unpaired) electrons. The second kappa shape index (κ2) is 10.5. The fourth-order valence-corrected chi connectivity index (χ4v) is 5.52. The van der Waals surface area contributed by atoms with Crippen molar-refractivity contribution in [1.29, 1.82) is 0 Å². The van der Waals surface area contributed by atoms with E-state index >= 15 is 0 Å². The summed E-state index contributed by atoms with van der Waals surface area (Å²) in [4.78, 5) is -0.116. The van der Waals surface area contributed by atoms with Crippen molar-refractivity contribution in [1.82, 2.24) is 0 Å². The molecule has 0 saturated carbocycles. The maximum atomic E-state index is 12.4. The Labute approximate surface area is 180 Å². The molecule has 0 heterocycles. The third-order valence-electron chi connectivity index (χ3n) is 5.40. The molecule has 1 unspecified atom stereocenters. The number of benzene rings is 2. The van der Waals surface area contributed by atoms with Crippen molar-refractivity contribution in [3.8, 4) is 11.1 Å². The average Bonchev–Trinajstić information content (AvgIpc) is 2.69. The Kier molecular flexibility index (Phi) is 8.61. The zero-order chi connectivity index (χ0) is 22.4. The predicted molar refractivity (Wildman–Crippen MR) is 121 cm³/mol. The first-order chi connectivity index (χ1) is 14.1. The summed E-state index contributed by atoms with van der Waals surface area (Å²) < 4.78 is 49.6. The van der Waals surface area contributed by atoms with Gasteiger partial charge in [0, 0.05) is 5.56 Å². The molecule has 2 rings (SSSR count). The van der Waals surface area contributed by atoms with Gasteiger partial charge >= 0.3 is 0 Å². The first kappa shape index (κ1) is 24.5. The Hall–Kier alpha value is -1.74. The predicted octanol–water partition coefficient (Wildman–Crippen LogP) is 4.50. The molecular weight excluding hydrogens is 420 g/mol. The van der Waals surface area contributed by atoms with Crippen LogP contribution in [0, 0.1) is 0 Å². The molecule has 0 aliphatic heterocycles. The molecule has 1 atom stereocenters. The first-order valence-electron chi connectivity index (χ1n) is 10.4. The number of rotatable bonds is 11. The molecular formula is C22H32N2O4S2. The topological polar surface area (TPSA) is 120 Å². The number of nitrogens with two attached hydrogens (primary N) is 2. The number of sulfonamides is 2. The average molecular weight is 453 g/mol. The van der Waals surface area contributed by atoms with Crippen molar-refractivity contribution in [2.45, 2.75) is 74.5 Å². The maximum absolute atomic E-state index is 12.4. The van der Waals surface area contributed by atoms with E-state index in [1.165, 1.54) is 12.1 Å². The monoisotopic (exact) mass is 452 g/mol. The van der Waals surface area contributed by atoms with E-state index in [9.17, 15) is 16.8 Å². The van der Waals surface area contributed by atoms with Crippen molar-refractivity contribution in [3.05, 3.63) is 48.0 Å². The fraction of sp³-hybridized carbons (Fsp3) is 0.455. The van der Waals surface area contributed by atoms with E-state index < -0.39 is 20.0 Å². The third-order valence-corrected chi connectivity index (χ3v) is 7.32. The van der Waals surface area contributed by atoms with Crippen LogP contribution in [-0.4, -0.2) is 16.8 Å². The molecule has 0 bridgehead atoms. The lowest BCUT2D eigenvalue weighted by molar-refractivity contribution is 0.527. The lowest BCUT2D eigenvalue weighted by Gasteiger charge is -2.24. The van der Waals surface area contributed by atoms with Gasteiger partial charge in [0.15, 0.2) is 0 Å². The summed E-state index contributed by atoms with van der Waals surface area (Å²) in [6, 6.07) is 11.4. The van der Waals surface area contributed by atoms with Crippen LogP contribution >= 0.6 is 0 Å². The van der Waals surface area contributed by atoms with E-state index in [-0.39, 0.29) is 15.7 Å². The molecule has 0 aliphatic carbocycles. The van der Waals surface area contributed by atoms with Crippen molar-refractivity contribution >= 4 is 20.0 Å². The van der Waals surface area contributed by atoms with Crippen LogP contribution in [0.25, 0.3) is 11.1 Å². The summed E-state index contributed by atoms with van der Waals surface area (Å²) in [5.41, 5.74) is 1.39. The van der Waals surface area contributed by atoms with Gasteiger partial charge in [0.1, 0.15) is 0 Å². The van der Waals surface area contributed by atoms with Crippen LogP contribution in [0.1, 0.15) is 70.3 Å². The Morgan fingerprint density at radius 1 is 0.767 bits per heavy atom. The molecule has 166 valence electrons. The van der Waals surface area contributed by atoms with E-state index in [0.717, 1.165) is 38.5 Å². The van der Waals surface area contributed by atoms with Gasteiger partial charge in [-0.05, 0) is 42.0 Å². The van der Waals surface area contributed by atoms with Gasteiger partial charge in [-0.1, -0.05) is 76.3 Å². The largest absolute Gasteiger partial charge is 0.238 e. The van der Waals surface area contributed by atoms with Gasteiger partial charge in [-0.15, -0.1) is 0 Å². The third kappa shape index (κ3) is 6.14. The highest BCUT2D eigenvalue weighted by atomic mass is 32.2. The SMILES string of the molecule is CCCCCCCC(CC)c1c(S(N)(=O)=O)ccc(S(N)(=O)=O)c1-c1ccccc1. The number of hydrogen-bond acceptors (Lipinski definition) is 4. The molecule has 4 N–H and O–H groups in total. The van der Waals surface area contributed by atoms with Crippen LogP contribution in [0.15, 0.2) is 52.3 Å². The smallest absolute Gasteiger partial charge is 0.225 e. The summed E-state index contributed by atoms with van der Waals surface area (Å²) in [5.74, 6) is -0.156. The minimum absolute atomic E-state index is 0.0332. The Balaban J connectivity index is 2.73. The quantitative estimate of drug-likeness (QED) is 0.487. The van der Waals surface area contributed by atoms with Gasteiger partial charge in [0.2, 0.25) is 20.0 Å². The molecule has 2 aromatic rings. The highest BCUT2D eigenvalue weighted by Gasteiger charge is 2.29. The molecule has 0 aliphatic rings. The zero-order valence-corrected chi connectivity index (χ0v) is 19.3. The second-order valence-corrected chi connectivity index (χ2v) is 10.7. The molecule has 0 amide bonds. The number of hydrogen-bond donors (Lipinski definition) is 2. The van der Waals surface area contributed by atoms with E-state index in [1.54, 1.807) is 24.3 Å². The summed E-state index contributed by atoms with van der Waals surface area (Å²) >= 11 is 0. The molecule has 8 heteroatoms.